The molecule has 172 valence electrons. The number of halogens is 1. The monoisotopic (exact) mass is 464 g/mol. The zero-order chi connectivity index (χ0) is 23.9. The Kier molecular flexibility index (Phi) is 4.95. The first-order chi connectivity index (χ1) is 17.1. The molecule has 9 heteroatoms. The van der Waals surface area contributed by atoms with Crippen molar-refractivity contribution in [3.8, 4) is 33.9 Å². The molecule has 1 aromatic carbocycles. The van der Waals surface area contributed by atoms with E-state index in [1.807, 2.05) is 50.2 Å². The van der Waals surface area contributed by atoms with Crippen LogP contribution >= 0.6 is 0 Å². The highest BCUT2D eigenvalue weighted by Crippen LogP contribution is 2.34. The number of imidazole rings is 1. The number of rotatable bonds is 5. The molecule has 8 nitrogen and oxygen atoms in total. The minimum Gasteiger partial charge on any atom is -0.382 e. The molecule has 0 radical (unpaired) electrons. The van der Waals surface area contributed by atoms with E-state index >= 15 is 4.39 Å². The van der Waals surface area contributed by atoms with E-state index in [-0.39, 0.29) is 11.7 Å². The predicted molar refractivity (Wildman–Crippen MR) is 134 cm³/mol. The summed E-state index contributed by atoms with van der Waals surface area (Å²) >= 11 is 0. The van der Waals surface area contributed by atoms with Crippen molar-refractivity contribution in [3.05, 3.63) is 73.2 Å². The second kappa shape index (κ2) is 8.28. The fraction of sp³-hybridized carbons (Fsp3) is 0.115. The van der Waals surface area contributed by atoms with E-state index in [2.05, 4.69) is 35.5 Å². The number of para-hydroxylation sites is 1. The first-order valence-electron chi connectivity index (χ1n) is 11.2. The van der Waals surface area contributed by atoms with Crippen molar-refractivity contribution in [2.24, 2.45) is 0 Å². The minimum absolute atomic E-state index is 0.202. The topological polar surface area (TPSA) is 108 Å². The lowest BCUT2D eigenvalue weighted by Crippen LogP contribution is -2.09. The summed E-state index contributed by atoms with van der Waals surface area (Å²) in [7, 11) is 0. The number of H-pyrrole nitrogens is 2. The molecule has 5 aromatic heterocycles. The van der Waals surface area contributed by atoms with Crippen molar-refractivity contribution in [1.29, 1.82) is 0 Å². The molecular formula is C26H21FN8. The molecule has 0 aliphatic rings. The van der Waals surface area contributed by atoms with E-state index < -0.39 is 5.82 Å². The lowest BCUT2D eigenvalue weighted by molar-refractivity contribution is 0.638. The number of aromatic nitrogens is 7. The highest BCUT2D eigenvalue weighted by molar-refractivity contribution is 5.98. The lowest BCUT2D eigenvalue weighted by atomic mass is 10.1. The Balaban J connectivity index is 1.49. The van der Waals surface area contributed by atoms with Crippen molar-refractivity contribution in [2.75, 3.05) is 5.32 Å². The molecule has 0 spiro atoms. The summed E-state index contributed by atoms with van der Waals surface area (Å²) in [5.41, 5.74) is 6.01. The first-order valence-corrected chi connectivity index (χ1v) is 11.2. The molecule has 6 aromatic rings. The van der Waals surface area contributed by atoms with Crippen LogP contribution in [0, 0.1) is 5.82 Å². The molecule has 0 saturated carbocycles. The Labute approximate surface area is 199 Å². The summed E-state index contributed by atoms with van der Waals surface area (Å²) in [5, 5.41) is 10.9. The van der Waals surface area contributed by atoms with Crippen molar-refractivity contribution in [1.82, 2.24) is 35.1 Å². The summed E-state index contributed by atoms with van der Waals surface area (Å²) in [6.07, 6.45) is 8.38. The van der Waals surface area contributed by atoms with Crippen molar-refractivity contribution >= 4 is 27.6 Å². The van der Waals surface area contributed by atoms with Gasteiger partial charge in [-0.2, -0.15) is 5.10 Å². The van der Waals surface area contributed by atoms with Gasteiger partial charge in [0.2, 0.25) is 0 Å². The number of fused-ring (bicyclic) bond motifs is 2. The Hall–Kier alpha value is -4.66. The number of nitrogens with zero attached hydrogens (tertiary/aromatic N) is 5. The third kappa shape index (κ3) is 3.67. The molecule has 5 heterocycles. The normalized spacial score (nSPS) is 11.5. The van der Waals surface area contributed by atoms with Gasteiger partial charge in [-0.1, -0.05) is 12.1 Å². The maximum atomic E-state index is 15.9. The van der Waals surface area contributed by atoms with Gasteiger partial charge in [0.15, 0.2) is 11.6 Å². The number of nitrogens with one attached hydrogen (secondary N) is 3. The number of aromatic amines is 2. The van der Waals surface area contributed by atoms with E-state index in [0.717, 1.165) is 27.8 Å². The summed E-state index contributed by atoms with van der Waals surface area (Å²) in [4.78, 5) is 20.8. The Morgan fingerprint density at radius 2 is 1.77 bits per heavy atom. The maximum Gasteiger partial charge on any atom is 0.161 e. The molecule has 6 rings (SSSR count). The second-order valence-electron chi connectivity index (χ2n) is 8.57. The largest absolute Gasteiger partial charge is 0.382 e. The predicted octanol–water partition coefficient (Wildman–Crippen LogP) is 5.58. The van der Waals surface area contributed by atoms with Crippen LogP contribution in [-0.2, 0) is 0 Å². The van der Waals surface area contributed by atoms with Crippen LogP contribution in [0.15, 0.2) is 67.4 Å². The molecule has 0 aliphatic carbocycles. The van der Waals surface area contributed by atoms with Crippen LogP contribution in [-0.4, -0.2) is 41.2 Å². The molecule has 0 bridgehead atoms. The molecule has 0 amide bonds. The van der Waals surface area contributed by atoms with Crippen LogP contribution in [0.2, 0.25) is 0 Å². The quantitative estimate of drug-likeness (QED) is 0.307. The van der Waals surface area contributed by atoms with E-state index in [1.54, 1.807) is 31.0 Å². The summed E-state index contributed by atoms with van der Waals surface area (Å²) in [5.74, 6) is -0.0123. The highest BCUT2D eigenvalue weighted by atomic mass is 19.1. The first kappa shape index (κ1) is 20.9. The fourth-order valence-electron chi connectivity index (χ4n) is 4.24. The maximum absolute atomic E-state index is 15.9. The second-order valence-corrected chi connectivity index (χ2v) is 8.57. The van der Waals surface area contributed by atoms with Gasteiger partial charge in [0.05, 0.1) is 33.8 Å². The van der Waals surface area contributed by atoms with Crippen molar-refractivity contribution < 1.29 is 4.39 Å². The van der Waals surface area contributed by atoms with Gasteiger partial charge in [-0.15, -0.1) is 0 Å². The van der Waals surface area contributed by atoms with E-state index in [0.29, 0.717) is 28.0 Å². The van der Waals surface area contributed by atoms with Gasteiger partial charge in [0.1, 0.15) is 11.4 Å². The van der Waals surface area contributed by atoms with Crippen LogP contribution in [0.4, 0.5) is 10.1 Å². The molecule has 0 aliphatic heterocycles. The van der Waals surface area contributed by atoms with Gasteiger partial charge in [0.25, 0.3) is 0 Å². The average Bonchev–Trinajstić information content (AvgIpc) is 3.49. The van der Waals surface area contributed by atoms with E-state index in [9.17, 15) is 0 Å². The SMILES string of the molecule is CC(C)Nc1cncc(-c2ncc3[nH]nc(-c4nc5c(-c6ccncc6)cccc5[nH]4)c3c2F)c1. The molecule has 0 unspecified atom stereocenters. The number of pyridine rings is 3. The third-order valence-corrected chi connectivity index (χ3v) is 5.74. The van der Waals surface area contributed by atoms with Crippen LogP contribution in [0.5, 0.6) is 0 Å². The van der Waals surface area contributed by atoms with Gasteiger partial charge in [-0.3, -0.25) is 20.1 Å². The van der Waals surface area contributed by atoms with Crippen molar-refractivity contribution in [2.45, 2.75) is 19.9 Å². The van der Waals surface area contributed by atoms with Crippen LogP contribution < -0.4 is 5.32 Å². The Morgan fingerprint density at radius 1 is 0.914 bits per heavy atom. The number of hydrogen-bond acceptors (Lipinski definition) is 6. The van der Waals surface area contributed by atoms with Gasteiger partial charge in [-0.05, 0) is 43.7 Å². The number of benzene rings is 1. The average molecular weight is 465 g/mol. The van der Waals surface area contributed by atoms with Gasteiger partial charge in [0, 0.05) is 42.0 Å². The van der Waals surface area contributed by atoms with Crippen LogP contribution in [0.25, 0.3) is 55.8 Å². The number of hydrogen-bond donors (Lipinski definition) is 3. The summed E-state index contributed by atoms with van der Waals surface area (Å²) < 4.78 is 15.9. The van der Waals surface area contributed by atoms with E-state index in [4.69, 9.17) is 4.98 Å². The highest BCUT2D eigenvalue weighted by Gasteiger charge is 2.21. The van der Waals surface area contributed by atoms with E-state index in [1.165, 1.54) is 0 Å². The standard InChI is InChI=1S/C26H21FN8/c1-14(2)31-17-10-16(11-29-12-17)23-22(27)21-20(13-30-23)34-35-25(21)26-32-19-5-3-4-18(24(19)33-26)15-6-8-28-9-7-15/h3-14,31H,1-2H3,(H,32,33)(H,34,35). The van der Waals surface area contributed by atoms with Crippen LogP contribution in [0.1, 0.15) is 13.8 Å². The minimum atomic E-state index is -0.482. The van der Waals surface area contributed by atoms with Gasteiger partial charge < -0.3 is 10.3 Å². The molecule has 0 fully saturated rings. The fourth-order valence-corrected chi connectivity index (χ4v) is 4.24. The molecule has 35 heavy (non-hydrogen) atoms. The number of anilines is 1. The third-order valence-electron chi connectivity index (χ3n) is 5.74. The van der Waals surface area contributed by atoms with Crippen molar-refractivity contribution in [3.63, 3.8) is 0 Å². The molecule has 3 N–H and O–H groups in total. The summed E-state index contributed by atoms with van der Waals surface area (Å²) in [6.45, 7) is 4.06. The Bertz CT molecular complexity index is 1670. The van der Waals surface area contributed by atoms with Gasteiger partial charge >= 0.3 is 0 Å². The zero-order valence-electron chi connectivity index (χ0n) is 19.0. The summed E-state index contributed by atoms with van der Waals surface area (Å²) in [6, 6.07) is 11.8. The smallest absolute Gasteiger partial charge is 0.161 e. The molecule has 0 saturated heterocycles. The molecular weight excluding hydrogens is 443 g/mol. The van der Waals surface area contributed by atoms with Gasteiger partial charge in [-0.25, -0.2) is 9.37 Å². The van der Waals surface area contributed by atoms with Crippen LogP contribution in [0.3, 0.4) is 0 Å². The zero-order valence-corrected chi connectivity index (χ0v) is 19.0. The Morgan fingerprint density at radius 3 is 2.60 bits per heavy atom. The lowest BCUT2D eigenvalue weighted by Gasteiger charge is -2.11. The molecule has 0 atom stereocenters.